The molecule has 5 heterocycles. The van der Waals surface area contributed by atoms with Gasteiger partial charge in [0.2, 0.25) is 5.91 Å². The molecule has 1 aliphatic heterocycles. The van der Waals surface area contributed by atoms with E-state index in [1.165, 1.54) is 29.8 Å². The molecule has 1 saturated heterocycles. The normalized spacial score (nSPS) is 14.5. The van der Waals surface area contributed by atoms with Gasteiger partial charge in [-0.15, -0.1) is 22.7 Å². The molecule has 7 rings (SSSR count). The van der Waals surface area contributed by atoms with Gasteiger partial charge in [0.1, 0.15) is 12.1 Å². The summed E-state index contributed by atoms with van der Waals surface area (Å²) in [4.78, 5) is 85.2. The Labute approximate surface area is 420 Å². The van der Waals surface area contributed by atoms with E-state index in [0.717, 1.165) is 41.0 Å². The molecule has 0 aliphatic carbocycles. The highest BCUT2D eigenvalue weighted by atomic mass is 79.9. The number of carboxylic acid groups (broad SMARTS) is 1. The number of nitrogens with one attached hydrogen (secondary N) is 2. The van der Waals surface area contributed by atoms with Crippen molar-refractivity contribution in [2.24, 2.45) is 5.92 Å². The van der Waals surface area contributed by atoms with E-state index in [2.05, 4.69) is 104 Å². The first-order chi connectivity index (χ1) is 32.2. The number of aromatic nitrogens is 4. The van der Waals surface area contributed by atoms with Crippen molar-refractivity contribution in [1.82, 2.24) is 35.5 Å². The zero-order chi connectivity index (χ0) is 49.3. The maximum Gasteiger partial charge on any atom is 0.326 e. The van der Waals surface area contributed by atoms with Gasteiger partial charge in [-0.05, 0) is 84.5 Å². The number of nitrogens with zero attached hydrogens (tertiary/aromatic N) is 5. The number of likely N-dealkylation sites (tertiary alicyclic amines) is 1. The Morgan fingerprint density at radius 1 is 0.676 bits per heavy atom. The minimum absolute atomic E-state index is 0.0598. The zero-order valence-corrected chi connectivity index (χ0v) is 43.5. The van der Waals surface area contributed by atoms with E-state index in [0.29, 0.717) is 40.8 Å². The molecule has 0 unspecified atom stereocenters. The molecule has 68 heavy (non-hydrogen) atoms. The summed E-state index contributed by atoms with van der Waals surface area (Å²) in [7, 11) is 1.35. The van der Waals surface area contributed by atoms with Crippen molar-refractivity contribution in [3.05, 3.63) is 137 Å². The molecular weight excluding hydrogens is 1030 g/mol. The van der Waals surface area contributed by atoms with Crippen LogP contribution in [0, 0.1) is 5.92 Å². The molecule has 3 atom stereocenters. The van der Waals surface area contributed by atoms with E-state index >= 15 is 0 Å². The molecule has 0 spiro atoms. The van der Waals surface area contributed by atoms with E-state index < -0.39 is 18.1 Å². The maximum absolute atomic E-state index is 13.6. The second kappa shape index (κ2) is 22.6. The fraction of sp³-hybridized carbons (Fsp3) is 0.340. The van der Waals surface area contributed by atoms with Crippen LogP contribution in [0.2, 0.25) is 0 Å². The predicted octanol–water partition coefficient (Wildman–Crippen LogP) is 9.32. The summed E-state index contributed by atoms with van der Waals surface area (Å²) >= 11 is 9.46. The van der Waals surface area contributed by atoms with Crippen LogP contribution in [0.3, 0.4) is 0 Å². The number of amides is 3. The number of rotatable bonds is 13. The lowest BCUT2D eigenvalue weighted by atomic mass is 9.95. The van der Waals surface area contributed by atoms with Crippen molar-refractivity contribution in [2.75, 3.05) is 20.2 Å². The van der Waals surface area contributed by atoms with Crippen molar-refractivity contribution in [1.29, 1.82) is 0 Å². The molecule has 0 saturated carbocycles. The van der Waals surface area contributed by atoms with Gasteiger partial charge in [-0.3, -0.25) is 19.2 Å². The van der Waals surface area contributed by atoms with Gasteiger partial charge >= 0.3 is 11.9 Å². The highest BCUT2D eigenvalue weighted by molar-refractivity contribution is 9.10. The molecule has 0 radical (unpaired) electrons. The summed E-state index contributed by atoms with van der Waals surface area (Å²) in [6.45, 7) is 13.2. The number of ether oxygens (including phenoxy) is 1. The smallest absolute Gasteiger partial charge is 0.326 e. The van der Waals surface area contributed by atoms with Crippen molar-refractivity contribution in [3.63, 3.8) is 0 Å². The lowest BCUT2D eigenvalue weighted by Gasteiger charge is -2.24. The Hall–Kier alpha value is -5.69. The number of benzene rings is 2. The summed E-state index contributed by atoms with van der Waals surface area (Å²) in [5.74, 6) is -1.43. The van der Waals surface area contributed by atoms with Gasteiger partial charge in [-0.1, -0.05) is 90.1 Å². The highest BCUT2D eigenvalue weighted by Gasteiger charge is 2.36. The fourth-order valence-corrected chi connectivity index (χ4v) is 9.44. The third kappa shape index (κ3) is 14.0. The minimum atomic E-state index is -1.07. The first-order valence-electron chi connectivity index (χ1n) is 21.7. The van der Waals surface area contributed by atoms with Gasteiger partial charge in [0, 0.05) is 71.6 Å². The average molecular weight is 1090 g/mol. The van der Waals surface area contributed by atoms with Crippen LogP contribution in [-0.2, 0) is 42.8 Å². The van der Waals surface area contributed by atoms with E-state index in [-0.39, 0.29) is 53.4 Å². The van der Waals surface area contributed by atoms with E-state index in [9.17, 15) is 29.1 Å². The number of hydrogen-bond donors (Lipinski definition) is 3. The molecule has 1 fully saturated rings. The number of halogens is 2. The average Bonchev–Trinajstić information content (AvgIpc) is 4.12. The Balaban J connectivity index is 0.000000230. The highest BCUT2D eigenvalue weighted by Crippen LogP contribution is 2.31. The lowest BCUT2D eigenvalue weighted by Crippen LogP contribution is -2.49. The van der Waals surface area contributed by atoms with Crippen LogP contribution < -0.4 is 10.6 Å². The fourth-order valence-electron chi connectivity index (χ4n) is 7.10. The number of aliphatic carboxylic acids is 1. The predicted molar refractivity (Wildman–Crippen MR) is 271 cm³/mol. The topological polar surface area (TPSA) is 194 Å². The summed E-state index contributed by atoms with van der Waals surface area (Å²) in [6, 6.07) is 20.6. The van der Waals surface area contributed by atoms with Crippen molar-refractivity contribution in [2.45, 2.75) is 83.7 Å². The van der Waals surface area contributed by atoms with Crippen LogP contribution >= 0.6 is 54.5 Å². The second-order valence-electron chi connectivity index (χ2n) is 18.3. The van der Waals surface area contributed by atoms with Gasteiger partial charge in [0.15, 0.2) is 11.6 Å². The van der Waals surface area contributed by atoms with Crippen LogP contribution in [0.15, 0.2) is 107 Å². The number of thiophene rings is 2. The molecule has 3 amide bonds. The van der Waals surface area contributed by atoms with Crippen LogP contribution in [0.1, 0.15) is 88.2 Å². The van der Waals surface area contributed by atoms with E-state index in [1.807, 2.05) is 60.7 Å². The molecule has 1 aliphatic rings. The van der Waals surface area contributed by atoms with Gasteiger partial charge in [-0.25, -0.2) is 24.7 Å². The second-order valence-corrected chi connectivity index (χ2v) is 22.3. The van der Waals surface area contributed by atoms with Crippen LogP contribution in [0.25, 0.3) is 22.8 Å². The summed E-state index contributed by atoms with van der Waals surface area (Å²) < 4.78 is 6.46. The monoisotopic (exact) mass is 1090 g/mol. The number of esters is 1. The standard InChI is InChI=1S/C28H31BrN4O4S.C22H22BrN3O3S/c1-28(2,3)23-10-9-22(38-23)25(34)32-21(26(35)33-12-11-19(16-33)27(36)37-4)13-17-5-7-18(8-6-17)24-30-14-20(29)15-31-24;1-22(2,3)18-9-8-17(30-18)20(27)26-16(21(28)29)10-13-4-6-14(7-5-13)19-24-11-15(23)12-25-19/h5-10,14-15,19,21H,11-13,16H2,1-4H3,(H,32,34);4-9,11-12,16H,10H2,1-3H3,(H,26,27)(H,28,29)/t19-,21-;16-/m00/s1. The Morgan fingerprint density at radius 3 is 1.47 bits per heavy atom. The van der Waals surface area contributed by atoms with Gasteiger partial charge in [0.05, 0.1) is 31.7 Å². The Kier molecular flexibility index (Phi) is 17.2. The molecular formula is C50H53Br2N7O7S2. The van der Waals surface area contributed by atoms with Crippen LogP contribution in [0.4, 0.5) is 0 Å². The van der Waals surface area contributed by atoms with E-state index in [1.54, 1.807) is 41.8 Å². The first kappa shape index (κ1) is 51.7. The quantitative estimate of drug-likeness (QED) is 0.0934. The van der Waals surface area contributed by atoms with Gasteiger partial charge in [0.25, 0.3) is 11.8 Å². The molecule has 4 aromatic heterocycles. The summed E-state index contributed by atoms with van der Waals surface area (Å²) in [5.41, 5.74) is 3.23. The van der Waals surface area contributed by atoms with E-state index in [4.69, 9.17) is 4.74 Å². The number of methoxy groups -OCH3 is 1. The van der Waals surface area contributed by atoms with Crippen molar-refractivity contribution < 1.29 is 33.8 Å². The molecule has 6 aromatic rings. The number of carbonyl (C=O) groups excluding carboxylic acids is 4. The molecule has 14 nitrogen and oxygen atoms in total. The lowest BCUT2D eigenvalue weighted by molar-refractivity contribution is -0.145. The molecule has 356 valence electrons. The van der Waals surface area contributed by atoms with Gasteiger partial charge < -0.3 is 25.4 Å². The van der Waals surface area contributed by atoms with Crippen molar-refractivity contribution >= 4 is 84.2 Å². The third-order valence-electron chi connectivity index (χ3n) is 10.9. The van der Waals surface area contributed by atoms with Crippen molar-refractivity contribution in [3.8, 4) is 22.8 Å². The third-order valence-corrected chi connectivity index (χ3v) is 14.8. The number of carbonyl (C=O) groups is 5. The summed E-state index contributed by atoms with van der Waals surface area (Å²) in [5, 5.41) is 15.2. The molecule has 2 aromatic carbocycles. The minimum Gasteiger partial charge on any atom is -0.480 e. The molecule has 18 heteroatoms. The summed E-state index contributed by atoms with van der Waals surface area (Å²) in [6.07, 6.45) is 7.75. The zero-order valence-electron chi connectivity index (χ0n) is 38.7. The largest absolute Gasteiger partial charge is 0.480 e. The molecule has 3 N–H and O–H groups in total. The first-order valence-corrected chi connectivity index (χ1v) is 25.0. The van der Waals surface area contributed by atoms with Crippen LogP contribution in [-0.4, -0.2) is 91.9 Å². The Morgan fingerprint density at radius 2 is 1.09 bits per heavy atom. The maximum atomic E-state index is 13.6. The number of carboxylic acids is 1. The SMILES string of the molecule is CC(C)(C)c1ccc(C(=O)N[C@@H](Cc2ccc(-c3ncc(Br)cn3)cc2)C(=O)O)s1.COC(=O)[C@H]1CCN(C(=O)[C@H](Cc2ccc(-c3ncc(Br)cn3)cc2)NC(=O)c2ccc(C(C)(C)C)s2)C1. The number of hydrogen-bond acceptors (Lipinski definition) is 12. The Bertz CT molecular complexity index is 2710. The van der Waals surface area contributed by atoms with Crippen LogP contribution in [0.5, 0.6) is 0 Å². The molecule has 0 bridgehead atoms. The van der Waals surface area contributed by atoms with Gasteiger partial charge in [-0.2, -0.15) is 0 Å².